The van der Waals surface area contributed by atoms with Crippen molar-refractivity contribution >= 4 is 0 Å². The third-order valence-corrected chi connectivity index (χ3v) is 4.88. The van der Waals surface area contributed by atoms with E-state index in [2.05, 4.69) is 68.4 Å². The lowest BCUT2D eigenvalue weighted by Crippen LogP contribution is -2.00. The molecule has 23 heavy (non-hydrogen) atoms. The van der Waals surface area contributed by atoms with Gasteiger partial charge in [0.25, 0.3) is 0 Å². The molecule has 2 aromatic carbocycles. The van der Waals surface area contributed by atoms with Crippen LogP contribution in [0.25, 0.3) is 11.1 Å². The van der Waals surface area contributed by atoms with Gasteiger partial charge in [0.1, 0.15) is 0 Å². The van der Waals surface area contributed by atoms with Crippen molar-refractivity contribution in [3.05, 3.63) is 60.2 Å². The van der Waals surface area contributed by atoms with Gasteiger partial charge in [0.2, 0.25) is 0 Å². The third-order valence-electron chi connectivity index (χ3n) is 4.88. The molecule has 0 nitrogen and oxygen atoms in total. The molecule has 0 heterocycles. The predicted octanol–water partition coefficient (Wildman–Crippen LogP) is 7.60. The maximum Gasteiger partial charge on any atom is -0.0149 e. The Hall–Kier alpha value is -1.56. The smallest absolute Gasteiger partial charge is 0.0149 e. The lowest BCUT2D eigenvalue weighted by molar-refractivity contribution is 0.530. The first-order valence-electron chi connectivity index (χ1n) is 9.51. The summed E-state index contributed by atoms with van der Waals surface area (Å²) < 4.78 is 0. The molecule has 0 aliphatic heterocycles. The van der Waals surface area contributed by atoms with Gasteiger partial charge < -0.3 is 0 Å². The predicted molar refractivity (Wildman–Crippen MR) is 103 cm³/mol. The van der Waals surface area contributed by atoms with Crippen molar-refractivity contribution in [3.63, 3.8) is 0 Å². The van der Waals surface area contributed by atoms with Crippen LogP contribution in [0.5, 0.6) is 0 Å². The molecule has 124 valence electrons. The SMILES string of the molecule is CCCCCCCCC(CC)c1ccccc1-c1ccccc1. The first kappa shape index (κ1) is 17.8. The fraction of sp³-hybridized carbons (Fsp3) is 0.478. The lowest BCUT2D eigenvalue weighted by atomic mass is 9.85. The maximum absolute atomic E-state index is 2.34. The Morgan fingerprint density at radius 3 is 2.09 bits per heavy atom. The average Bonchev–Trinajstić information content (AvgIpc) is 2.62. The van der Waals surface area contributed by atoms with Gasteiger partial charge in [-0.1, -0.05) is 107 Å². The molecule has 0 radical (unpaired) electrons. The lowest BCUT2D eigenvalue weighted by Gasteiger charge is -2.19. The van der Waals surface area contributed by atoms with E-state index in [0.717, 1.165) is 0 Å². The van der Waals surface area contributed by atoms with Crippen LogP contribution in [0, 0.1) is 0 Å². The van der Waals surface area contributed by atoms with Gasteiger partial charge in [-0.05, 0) is 35.4 Å². The first-order valence-corrected chi connectivity index (χ1v) is 9.51. The summed E-state index contributed by atoms with van der Waals surface area (Å²) in [5.74, 6) is 0.692. The summed E-state index contributed by atoms with van der Waals surface area (Å²) in [6.45, 7) is 4.62. The zero-order valence-electron chi connectivity index (χ0n) is 14.9. The number of hydrogen-bond donors (Lipinski definition) is 0. The van der Waals surface area contributed by atoms with Crippen LogP contribution in [0.3, 0.4) is 0 Å². The largest absolute Gasteiger partial charge is 0.0654 e. The Kier molecular flexibility index (Phi) is 7.93. The van der Waals surface area contributed by atoms with Crippen LogP contribution < -0.4 is 0 Å². The molecule has 0 aliphatic rings. The van der Waals surface area contributed by atoms with E-state index in [4.69, 9.17) is 0 Å². The first-order chi connectivity index (χ1) is 11.4. The normalized spacial score (nSPS) is 12.3. The summed E-state index contributed by atoms with van der Waals surface area (Å²) in [5, 5.41) is 0. The molecule has 1 unspecified atom stereocenters. The van der Waals surface area contributed by atoms with E-state index in [1.54, 1.807) is 0 Å². The monoisotopic (exact) mass is 308 g/mol. The van der Waals surface area contributed by atoms with Crippen LogP contribution in [-0.4, -0.2) is 0 Å². The number of hydrogen-bond acceptors (Lipinski definition) is 0. The highest BCUT2D eigenvalue weighted by Gasteiger charge is 2.14. The summed E-state index contributed by atoms with van der Waals surface area (Å²) in [6, 6.07) is 19.8. The van der Waals surface area contributed by atoms with Crippen molar-refractivity contribution in [1.29, 1.82) is 0 Å². The second-order valence-electron chi connectivity index (χ2n) is 6.61. The molecule has 1 atom stereocenters. The van der Waals surface area contributed by atoms with Crippen LogP contribution in [0.4, 0.5) is 0 Å². The summed E-state index contributed by atoms with van der Waals surface area (Å²) in [5.41, 5.74) is 4.31. The Bertz CT molecular complexity index is 541. The highest BCUT2D eigenvalue weighted by Crippen LogP contribution is 2.34. The van der Waals surface area contributed by atoms with Crippen molar-refractivity contribution in [2.45, 2.75) is 71.1 Å². The molecule has 0 saturated carbocycles. The Morgan fingerprint density at radius 2 is 1.35 bits per heavy atom. The van der Waals surface area contributed by atoms with Crippen LogP contribution >= 0.6 is 0 Å². The average molecular weight is 309 g/mol. The molecule has 2 aromatic rings. The molecule has 0 aliphatic carbocycles. The van der Waals surface area contributed by atoms with E-state index in [-0.39, 0.29) is 0 Å². The number of benzene rings is 2. The van der Waals surface area contributed by atoms with Gasteiger partial charge in [-0.15, -0.1) is 0 Å². The van der Waals surface area contributed by atoms with Crippen LogP contribution in [0.2, 0.25) is 0 Å². The third kappa shape index (κ3) is 5.53. The summed E-state index contributed by atoms with van der Waals surface area (Å²) in [6.07, 6.45) is 10.9. The van der Waals surface area contributed by atoms with Crippen LogP contribution in [-0.2, 0) is 0 Å². The molecule has 0 aromatic heterocycles. The van der Waals surface area contributed by atoms with Gasteiger partial charge >= 0.3 is 0 Å². The second kappa shape index (κ2) is 10.3. The van der Waals surface area contributed by atoms with Gasteiger partial charge in [-0.25, -0.2) is 0 Å². The fourth-order valence-electron chi connectivity index (χ4n) is 3.48. The fourth-order valence-corrected chi connectivity index (χ4v) is 3.48. The van der Waals surface area contributed by atoms with E-state index >= 15 is 0 Å². The van der Waals surface area contributed by atoms with E-state index in [1.807, 2.05) is 0 Å². The van der Waals surface area contributed by atoms with E-state index in [1.165, 1.54) is 68.1 Å². The summed E-state index contributed by atoms with van der Waals surface area (Å²) in [4.78, 5) is 0. The minimum absolute atomic E-state index is 0.692. The Morgan fingerprint density at radius 1 is 0.696 bits per heavy atom. The quantitative estimate of drug-likeness (QED) is 0.396. The molecular weight excluding hydrogens is 276 g/mol. The molecular formula is C23H32. The van der Waals surface area contributed by atoms with Crippen molar-refractivity contribution in [3.8, 4) is 11.1 Å². The van der Waals surface area contributed by atoms with Crippen molar-refractivity contribution in [2.75, 3.05) is 0 Å². The molecule has 0 heteroatoms. The molecule has 2 rings (SSSR count). The van der Waals surface area contributed by atoms with Gasteiger partial charge in [0, 0.05) is 0 Å². The minimum atomic E-state index is 0.692. The zero-order valence-corrected chi connectivity index (χ0v) is 14.9. The molecule has 0 saturated heterocycles. The van der Waals surface area contributed by atoms with Gasteiger partial charge in [-0.3, -0.25) is 0 Å². The Balaban J connectivity index is 2.01. The molecule has 0 amide bonds. The molecule has 0 N–H and O–H groups in total. The number of unbranched alkanes of at least 4 members (excludes halogenated alkanes) is 5. The van der Waals surface area contributed by atoms with E-state index < -0.39 is 0 Å². The van der Waals surface area contributed by atoms with E-state index in [0.29, 0.717) is 5.92 Å². The Labute approximate surface area is 143 Å². The molecule has 0 spiro atoms. The highest BCUT2D eigenvalue weighted by molar-refractivity contribution is 5.67. The maximum atomic E-state index is 2.34. The topological polar surface area (TPSA) is 0 Å². The standard InChI is InChI=1S/C23H32/c1-3-5-6-7-8-10-15-20(4-2)22-18-13-14-19-23(22)21-16-11-9-12-17-21/h9,11-14,16-20H,3-8,10,15H2,1-2H3. The highest BCUT2D eigenvalue weighted by atomic mass is 14.2. The van der Waals surface area contributed by atoms with Crippen LogP contribution in [0.1, 0.15) is 76.7 Å². The second-order valence-corrected chi connectivity index (χ2v) is 6.61. The van der Waals surface area contributed by atoms with Crippen molar-refractivity contribution in [2.24, 2.45) is 0 Å². The van der Waals surface area contributed by atoms with Gasteiger partial charge in [0.05, 0.1) is 0 Å². The van der Waals surface area contributed by atoms with E-state index in [9.17, 15) is 0 Å². The van der Waals surface area contributed by atoms with Crippen molar-refractivity contribution < 1.29 is 0 Å². The summed E-state index contributed by atoms with van der Waals surface area (Å²) >= 11 is 0. The van der Waals surface area contributed by atoms with Crippen molar-refractivity contribution in [1.82, 2.24) is 0 Å². The van der Waals surface area contributed by atoms with Crippen LogP contribution in [0.15, 0.2) is 54.6 Å². The minimum Gasteiger partial charge on any atom is -0.0654 e. The number of rotatable bonds is 10. The van der Waals surface area contributed by atoms with Gasteiger partial charge in [0.15, 0.2) is 0 Å². The zero-order chi connectivity index (χ0) is 16.3. The summed E-state index contributed by atoms with van der Waals surface area (Å²) in [7, 11) is 0. The van der Waals surface area contributed by atoms with Gasteiger partial charge in [-0.2, -0.15) is 0 Å². The molecule has 0 bridgehead atoms. The molecule has 0 fully saturated rings.